The molecule has 0 bridgehead atoms. The van der Waals surface area contributed by atoms with E-state index < -0.39 is 5.91 Å². The van der Waals surface area contributed by atoms with Gasteiger partial charge in [-0.25, -0.2) is 4.90 Å². The van der Waals surface area contributed by atoms with Crippen LogP contribution in [0.1, 0.15) is 18.2 Å². The maximum absolute atomic E-state index is 13.5. The van der Waals surface area contributed by atoms with Crippen LogP contribution in [0.2, 0.25) is 0 Å². The first-order valence-electron chi connectivity index (χ1n) is 9.94. The number of hydrogen-bond donors (Lipinski definition) is 1. The molecule has 1 N–H and O–H groups in total. The van der Waals surface area contributed by atoms with E-state index in [1.165, 1.54) is 16.2 Å². The Hall–Kier alpha value is -3.58. The molecule has 0 aliphatic carbocycles. The second-order valence-corrected chi connectivity index (χ2v) is 7.79. The van der Waals surface area contributed by atoms with Crippen molar-refractivity contribution in [1.82, 2.24) is 0 Å². The van der Waals surface area contributed by atoms with Crippen LogP contribution >= 0.6 is 11.3 Å². The predicted octanol–water partition coefficient (Wildman–Crippen LogP) is 4.94. The number of nitrogens with one attached hydrogen (secondary N) is 1. The monoisotopic (exact) mass is 434 g/mol. The fraction of sp³-hybridized carbons (Fsp3) is 0.167. The highest BCUT2D eigenvalue weighted by Crippen LogP contribution is 2.39. The largest absolute Gasteiger partial charge is 0.497 e. The fourth-order valence-electron chi connectivity index (χ4n) is 3.34. The van der Waals surface area contributed by atoms with Gasteiger partial charge in [-0.15, -0.1) is 11.3 Å². The summed E-state index contributed by atoms with van der Waals surface area (Å²) in [6.07, 6.45) is 0.817. The minimum absolute atomic E-state index is 0.228. The highest BCUT2D eigenvalue weighted by Gasteiger charge is 2.41. The van der Waals surface area contributed by atoms with E-state index in [2.05, 4.69) is 5.32 Å². The number of nitrogens with zero attached hydrogens (tertiary/aromatic N) is 1. The van der Waals surface area contributed by atoms with Crippen LogP contribution in [0.5, 0.6) is 11.5 Å². The third-order valence-electron chi connectivity index (χ3n) is 4.76. The minimum Gasteiger partial charge on any atom is -0.497 e. The number of ether oxygens (including phenoxy) is 2. The van der Waals surface area contributed by atoms with E-state index in [-0.39, 0.29) is 11.6 Å². The van der Waals surface area contributed by atoms with Crippen LogP contribution in [-0.2, 0) is 9.59 Å². The summed E-state index contributed by atoms with van der Waals surface area (Å²) in [5.74, 6) is 0.337. The summed E-state index contributed by atoms with van der Waals surface area (Å²) < 4.78 is 11.1. The fourth-order valence-corrected chi connectivity index (χ4v) is 4.10. The first kappa shape index (κ1) is 20.7. The zero-order valence-electron chi connectivity index (χ0n) is 17.3. The Labute approximate surface area is 184 Å². The van der Waals surface area contributed by atoms with Crippen molar-refractivity contribution in [2.75, 3.05) is 23.9 Å². The molecule has 4 rings (SSSR count). The van der Waals surface area contributed by atoms with E-state index in [0.29, 0.717) is 35.1 Å². The van der Waals surface area contributed by atoms with Gasteiger partial charge in [-0.3, -0.25) is 9.59 Å². The van der Waals surface area contributed by atoms with Gasteiger partial charge in [0.15, 0.2) is 0 Å². The minimum atomic E-state index is -0.427. The number of methoxy groups -OCH3 is 1. The zero-order chi connectivity index (χ0) is 21.8. The van der Waals surface area contributed by atoms with Gasteiger partial charge in [0.05, 0.1) is 25.0 Å². The van der Waals surface area contributed by atoms with Crippen LogP contribution < -0.4 is 19.7 Å². The van der Waals surface area contributed by atoms with Crippen LogP contribution in [0.15, 0.2) is 71.7 Å². The van der Waals surface area contributed by atoms with Crippen LogP contribution in [0.4, 0.5) is 11.4 Å². The molecule has 0 saturated carbocycles. The molecule has 0 spiro atoms. The van der Waals surface area contributed by atoms with Crippen molar-refractivity contribution in [1.29, 1.82) is 0 Å². The van der Waals surface area contributed by atoms with Crippen molar-refractivity contribution >= 4 is 40.1 Å². The van der Waals surface area contributed by atoms with Crippen molar-refractivity contribution in [3.63, 3.8) is 0 Å². The van der Waals surface area contributed by atoms with Gasteiger partial charge in [-0.05, 0) is 42.1 Å². The summed E-state index contributed by atoms with van der Waals surface area (Å²) >= 11 is 1.41. The van der Waals surface area contributed by atoms with E-state index >= 15 is 0 Å². The van der Waals surface area contributed by atoms with Crippen molar-refractivity contribution < 1.29 is 19.1 Å². The number of hydrogen-bond acceptors (Lipinski definition) is 6. The Morgan fingerprint density at radius 2 is 1.84 bits per heavy atom. The standard InChI is InChI=1S/C24H22N2O4S/c1-3-13-30-19-11-5-4-10-18(19)26-23(27)21(20-12-7-14-31-20)22(24(26)28)25-16-8-6-9-17(15-16)29-2/h4-12,14-15,25H,3,13H2,1-2H3. The van der Waals surface area contributed by atoms with Crippen LogP contribution in [0.25, 0.3) is 5.57 Å². The van der Waals surface area contributed by atoms with E-state index in [0.717, 1.165) is 11.3 Å². The van der Waals surface area contributed by atoms with Gasteiger partial charge >= 0.3 is 0 Å². The molecule has 0 saturated heterocycles. The van der Waals surface area contributed by atoms with E-state index in [4.69, 9.17) is 9.47 Å². The number of benzene rings is 2. The predicted molar refractivity (Wildman–Crippen MR) is 123 cm³/mol. The highest BCUT2D eigenvalue weighted by molar-refractivity contribution is 7.11. The Balaban J connectivity index is 1.77. The number of thiophene rings is 1. The second kappa shape index (κ2) is 9.06. The van der Waals surface area contributed by atoms with Crippen molar-refractivity contribution in [2.45, 2.75) is 13.3 Å². The Kier molecular flexibility index (Phi) is 6.04. The lowest BCUT2D eigenvalue weighted by Gasteiger charge is -2.19. The van der Waals surface area contributed by atoms with Gasteiger partial charge in [-0.2, -0.15) is 0 Å². The van der Waals surface area contributed by atoms with Gasteiger partial charge in [0.25, 0.3) is 11.8 Å². The van der Waals surface area contributed by atoms with Gasteiger partial charge in [0, 0.05) is 16.6 Å². The number of carbonyl (C=O) groups is 2. The Morgan fingerprint density at radius 3 is 2.58 bits per heavy atom. The number of para-hydroxylation sites is 2. The number of rotatable bonds is 8. The SMILES string of the molecule is CCCOc1ccccc1N1C(=O)C(Nc2cccc(OC)c2)=C(c2cccs2)C1=O. The maximum atomic E-state index is 13.5. The molecule has 6 nitrogen and oxygen atoms in total. The quantitative estimate of drug-likeness (QED) is 0.509. The van der Waals surface area contributed by atoms with E-state index in [9.17, 15) is 9.59 Å². The van der Waals surface area contributed by atoms with Gasteiger partial charge < -0.3 is 14.8 Å². The van der Waals surface area contributed by atoms with Crippen molar-refractivity contribution in [3.05, 3.63) is 76.6 Å². The molecule has 3 aromatic rings. The Morgan fingerprint density at radius 1 is 1.00 bits per heavy atom. The number of carbonyl (C=O) groups excluding carboxylic acids is 2. The lowest BCUT2D eigenvalue weighted by atomic mass is 10.2. The summed E-state index contributed by atoms with van der Waals surface area (Å²) in [4.78, 5) is 28.9. The molecule has 0 unspecified atom stereocenters. The summed E-state index contributed by atoms with van der Waals surface area (Å²) in [6, 6.07) is 18.0. The molecular weight excluding hydrogens is 412 g/mol. The molecular formula is C24H22N2O4S. The molecule has 1 aliphatic heterocycles. The molecule has 7 heteroatoms. The number of amides is 2. The molecule has 31 heavy (non-hydrogen) atoms. The lowest BCUT2D eigenvalue weighted by Crippen LogP contribution is -2.32. The van der Waals surface area contributed by atoms with Gasteiger partial charge in [0.2, 0.25) is 0 Å². The first-order chi connectivity index (χ1) is 15.1. The average Bonchev–Trinajstić information content (AvgIpc) is 3.39. The molecule has 158 valence electrons. The molecule has 1 aliphatic rings. The molecule has 2 aromatic carbocycles. The maximum Gasteiger partial charge on any atom is 0.282 e. The van der Waals surface area contributed by atoms with E-state index in [1.807, 2.05) is 48.7 Å². The van der Waals surface area contributed by atoms with E-state index in [1.54, 1.807) is 31.4 Å². The Bertz CT molecular complexity index is 1140. The molecule has 0 radical (unpaired) electrons. The molecule has 1 aromatic heterocycles. The molecule has 0 fully saturated rings. The van der Waals surface area contributed by atoms with Gasteiger partial charge in [-0.1, -0.05) is 31.2 Å². The average molecular weight is 435 g/mol. The smallest absolute Gasteiger partial charge is 0.282 e. The molecule has 0 atom stereocenters. The molecule has 2 amide bonds. The van der Waals surface area contributed by atoms with Crippen LogP contribution in [0.3, 0.4) is 0 Å². The topological polar surface area (TPSA) is 67.9 Å². The third-order valence-corrected chi connectivity index (χ3v) is 5.65. The lowest BCUT2D eigenvalue weighted by molar-refractivity contribution is -0.120. The number of anilines is 2. The number of imide groups is 1. The van der Waals surface area contributed by atoms with Crippen molar-refractivity contribution in [2.24, 2.45) is 0 Å². The summed E-state index contributed by atoms with van der Waals surface area (Å²) in [6.45, 7) is 2.49. The van der Waals surface area contributed by atoms with Gasteiger partial charge in [0.1, 0.15) is 17.2 Å². The zero-order valence-corrected chi connectivity index (χ0v) is 18.1. The normalized spacial score (nSPS) is 13.7. The van der Waals surface area contributed by atoms with Crippen molar-refractivity contribution in [3.8, 4) is 11.5 Å². The van der Waals surface area contributed by atoms with Crippen LogP contribution in [-0.4, -0.2) is 25.5 Å². The molecule has 2 heterocycles. The second-order valence-electron chi connectivity index (χ2n) is 6.85. The first-order valence-corrected chi connectivity index (χ1v) is 10.8. The summed E-state index contributed by atoms with van der Waals surface area (Å²) in [7, 11) is 1.58. The van der Waals surface area contributed by atoms with Crippen LogP contribution in [0, 0.1) is 0 Å². The summed E-state index contributed by atoms with van der Waals surface area (Å²) in [5.41, 5.74) is 1.66. The highest BCUT2D eigenvalue weighted by atomic mass is 32.1. The third kappa shape index (κ3) is 4.04. The summed E-state index contributed by atoms with van der Waals surface area (Å²) in [5, 5.41) is 5.03.